The van der Waals surface area contributed by atoms with E-state index in [2.05, 4.69) is 5.32 Å². The zero-order valence-corrected chi connectivity index (χ0v) is 13.4. The highest BCUT2D eigenvalue weighted by Gasteiger charge is 2.22. The number of benzene rings is 2. The van der Waals surface area contributed by atoms with Gasteiger partial charge in [0.05, 0.1) is 16.2 Å². The first-order chi connectivity index (χ1) is 12.2. The van der Waals surface area contributed by atoms with Crippen LogP contribution in [-0.4, -0.2) is 22.9 Å². The van der Waals surface area contributed by atoms with E-state index in [-0.39, 0.29) is 22.6 Å². The van der Waals surface area contributed by atoms with Crippen molar-refractivity contribution in [2.24, 2.45) is 0 Å². The molecule has 1 atom stereocenters. The Labute approximate surface area is 145 Å². The number of nitro groups is 1. The maximum absolute atomic E-state index is 13.1. The normalized spacial score (nSPS) is 11.5. The maximum atomic E-state index is 13.1. The van der Waals surface area contributed by atoms with E-state index in [4.69, 9.17) is 10.5 Å². The number of halogens is 2. The lowest BCUT2D eigenvalue weighted by molar-refractivity contribution is -0.384. The van der Waals surface area contributed by atoms with Crippen molar-refractivity contribution in [1.29, 1.82) is 0 Å². The zero-order valence-electron chi connectivity index (χ0n) is 13.4. The van der Waals surface area contributed by atoms with Gasteiger partial charge in [0.15, 0.2) is 17.7 Å². The summed E-state index contributed by atoms with van der Waals surface area (Å²) in [6, 6.07) is 5.91. The monoisotopic (exact) mass is 365 g/mol. The molecule has 0 radical (unpaired) electrons. The number of nitrogens with one attached hydrogen (secondary N) is 1. The van der Waals surface area contributed by atoms with Crippen LogP contribution in [0, 0.1) is 21.7 Å². The van der Waals surface area contributed by atoms with Gasteiger partial charge in [-0.25, -0.2) is 13.6 Å². The van der Waals surface area contributed by atoms with Crippen molar-refractivity contribution in [3.63, 3.8) is 0 Å². The lowest BCUT2D eigenvalue weighted by Gasteiger charge is -2.14. The summed E-state index contributed by atoms with van der Waals surface area (Å²) in [5, 5.41) is 12.9. The smallest absolute Gasteiger partial charge is 0.341 e. The number of carbonyl (C=O) groups excluding carboxylic acids is 2. The number of non-ortho nitro benzene ring substituents is 1. The molecule has 0 aromatic heterocycles. The Kier molecular flexibility index (Phi) is 5.45. The zero-order chi connectivity index (χ0) is 19.4. The van der Waals surface area contributed by atoms with Gasteiger partial charge in [-0.1, -0.05) is 0 Å². The molecule has 8 nitrogen and oxygen atoms in total. The summed E-state index contributed by atoms with van der Waals surface area (Å²) >= 11 is 0. The van der Waals surface area contributed by atoms with Crippen LogP contribution in [0.15, 0.2) is 36.4 Å². The molecule has 0 spiro atoms. The van der Waals surface area contributed by atoms with Gasteiger partial charge >= 0.3 is 5.97 Å². The Bertz CT molecular complexity index is 888. The fraction of sp³-hybridized carbons (Fsp3) is 0.125. The number of nitrogens with two attached hydrogens (primary N) is 1. The van der Waals surface area contributed by atoms with E-state index in [0.717, 1.165) is 36.4 Å². The number of carbonyl (C=O) groups is 2. The van der Waals surface area contributed by atoms with E-state index in [1.807, 2.05) is 0 Å². The van der Waals surface area contributed by atoms with E-state index < -0.39 is 34.5 Å². The van der Waals surface area contributed by atoms with Crippen LogP contribution in [0.3, 0.4) is 0 Å². The predicted molar refractivity (Wildman–Crippen MR) is 87.4 cm³/mol. The van der Waals surface area contributed by atoms with Crippen molar-refractivity contribution < 1.29 is 28.0 Å². The van der Waals surface area contributed by atoms with Gasteiger partial charge in [0, 0.05) is 23.9 Å². The molecule has 2 rings (SSSR count). The highest BCUT2D eigenvalue weighted by molar-refractivity contribution is 5.99. The van der Waals surface area contributed by atoms with E-state index >= 15 is 0 Å². The van der Waals surface area contributed by atoms with Crippen LogP contribution in [-0.2, 0) is 9.53 Å². The molecule has 136 valence electrons. The summed E-state index contributed by atoms with van der Waals surface area (Å²) in [6.07, 6.45) is -1.29. The minimum atomic E-state index is -1.29. The molecule has 0 aliphatic heterocycles. The topological polar surface area (TPSA) is 125 Å². The molecule has 0 heterocycles. The maximum Gasteiger partial charge on any atom is 0.341 e. The Balaban J connectivity index is 2.05. The third-order valence-electron chi connectivity index (χ3n) is 3.31. The van der Waals surface area contributed by atoms with Gasteiger partial charge in [0.1, 0.15) is 0 Å². The minimum absolute atomic E-state index is 0.0216. The molecule has 0 saturated carbocycles. The fourth-order valence-corrected chi connectivity index (χ4v) is 1.94. The summed E-state index contributed by atoms with van der Waals surface area (Å²) in [5.74, 6) is -3.97. The molecular formula is C16H13F2N3O5. The molecule has 1 amide bonds. The van der Waals surface area contributed by atoms with Gasteiger partial charge in [-0.2, -0.15) is 0 Å². The molecule has 2 aromatic rings. The number of ether oxygens (including phenoxy) is 1. The largest absolute Gasteiger partial charge is 0.449 e. The first-order valence-corrected chi connectivity index (χ1v) is 7.20. The molecule has 26 heavy (non-hydrogen) atoms. The molecule has 0 saturated heterocycles. The molecule has 10 heteroatoms. The number of nitrogen functional groups attached to an aromatic ring is 1. The Hall–Kier alpha value is -3.56. The number of nitrogens with zero attached hydrogens (tertiary/aromatic N) is 1. The van der Waals surface area contributed by atoms with Crippen LogP contribution in [0.4, 0.5) is 25.8 Å². The van der Waals surface area contributed by atoms with Gasteiger partial charge in [0.25, 0.3) is 11.6 Å². The van der Waals surface area contributed by atoms with Crippen molar-refractivity contribution in [1.82, 2.24) is 0 Å². The van der Waals surface area contributed by atoms with E-state index in [1.54, 1.807) is 0 Å². The summed E-state index contributed by atoms with van der Waals surface area (Å²) in [7, 11) is 0. The summed E-state index contributed by atoms with van der Waals surface area (Å²) in [5.41, 5.74) is 4.93. The number of esters is 1. The van der Waals surface area contributed by atoms with Crippen LogP contribution >= 0.6 is 0 Å². The van der Waals surface area contributed by atoms with E-state index in [1.165, 1.54) is 6.92 Å². The first kappa shape index (κ1) is 18.8. The molecule has 0 unspecified atom stereocenters. The standard InChI is InChI=1S/C16H13F2N3O5/c1-8(15(22)20-9-2-5-12(17)13(18)6-9)26-16(23)11-4-3-10(21(24)25)7-14(11)19/h2-8H,19H2,1H3,(H,20,22)/t8-/m0/s1. The van der Waals surface area contributed by atoms with Gasteiger partial charge in [-0.05, 0) is 25.1 Å². The predicted octanol–water partition coefficient (Wildman–Crippen LogP) is 2.64. The van der Waals surface area contributed by atoms with Crippen LogP contribution in [0.25, 0.3) is 0 Å². The second kappa shape index (κ2) is 7.55. The number of anilines is 2. The average Bonchev–Trinajstić information content (AvgIpc) is 2.57. The molecule has 0 fully saturated rings. The Morgan fingerprint density at radius 2 is 1.88 bits per heavy atom. The van der Waals surface area contributed by atoms with Gasteiger partial charge in [0.2, 0.25) is 0 Å². The van der Waals surface area contributed by atoms with E-state index in [0.29, 0.717) is 0 Å². The highest BCUT2D eigenvalue weighted by atomic mass is 19.2. The second-order valence-corrected chi connectivity index (χ2v) is 5.19. The molecule has 0 bridgehead atoms. The Morgan fingerprint density at radius 3 is 2.46 bits per heavy atom. The third-order valence-corrected chi connectivity index (χ3v) is 3.31. The van der Waals surface area contributed by atoms with Gasteiger partial charge < -0.3 is 15.8 Å². The van der Waals surface area contributed by atoms with Crippen molar-refractivity contribution >= 4 is 28.9 Å². The van der Waals surface area contributed by atoms with E-state index in [9.17, 15) is 28.5 Å². The van der Waals surface area contributed by atoms with Crippen LogP contribution in [0.5, 0.6) is 0 Å². The van der Waals surface area contributed by atoms with Crippen LogP contribution < -0.4 is 11.1 Å². The quantitative estimate of drug-likeness (QED) is 0.363. The van der Waals surface area contributed by atoms with Crippen molar-refractivity contribution in [2.75, 3.05) is 11.1 Å². The molecule has 3 N–H and O–H groups in total. The molecule has 2 aromatic carbocycles. The van der Waals surface area contributed by atoms with Gasteiger partial charge in [-0.15, -0.1) is 0 Å². The number of hydrogen-bond donors (Lipinski definition) is 2. The number of nitro benzene ring substituents is 1. The third kappa shape index (κ3) is 4.29. The minimum Gasteiger partial charge on any atom is -0.449 e. The number of rotatable bonds is 5. The summed E-state index contributed by atoms with van der Waals surface area (Å²) in [4.78, 5) is 34.0. The van der Waals surface area contributed by atoms with Crippen LogP contribution in [0.2, 0.25) is 0 Å². The highest BCUT2D eigenvalue weighted by Crippen LogP contribution is 2.21. The fourth-order valence-electron chi connectivity index (χ4n) is 1.94. The lowest BCUT2D eigenvalue weighted by atomic mass is 10.1. The SMILES string of the molecule is C[C@H](OC(=O)c1ccc([N+](=O)[O-])cc1N)C(=O)Nc1ccc(F)c(F)c1. The lowest BCUT2D eigenvalue weighted by Crippen LogP contribution is -2.30. The van der Waals surface area contributed by atoms with Crippen LogP contribution in [0.1, 0.15) is 17.3 Å². The average molecular weight is 365 g/mol. The summed E-state index contributed by atoms with van der Waals surface area (Å²) < 4.78 is 30.9. The Morgan fingerprint density at radius 1 is 1.19 bits per heavy atom. The molecule has 0 aliphatic carbocycles. The van der Waals surface area contributed by atoms with Gasteiger partial charge in [-0.3, -0.25) is 14.9 Å². The van der Waals surface area contributed by atoms with Crippen molar-refractivity contribution in [3.05, 3.63) is 63.7 Å². The number of amides is 1. The summed E-state index contributed by atoms with van der Waals surface area (Å²) in [6.45, 7) is 1.26. The second-order valence-electron chi connectivity index (χ2n) is 5.19. The van der Waals surface area contributed by atoms with Crippen molar-refractivity contribution in [2.45, 2.75) is 13.0 Å². The first-order valence-electron chi connectivity index (χ1n) is 7.20. The number of hydrogen-bond acceptors (Lipinski definition) is 6. The molecule has 0 aliphatic rings. The molecular weight excluding hydrogens is 352 g/mol. The van der Waals surface area contributed by atoms with Crippen molar-refractivity contribution in [3.8, 4) is 0 Å².